The summed E-state index contributed by atoms with van der Waals surface area (Å²) in [6.45, 7) is 4.76. The molecule has 0 N–H and O–H groups in total. The van der Waals surface area contributed by atoms with Crippen LogP contribution in [0.4, 0.5) is 5.69 Å². The van der Waals surface area contributed by atoms with Gasteiger partial charge in [0.1, 0.15) is 11.0 Å². The monoisotopic (exact) mass is 336 g/mol. The van der Waals surface area contributed by atoms with Crippen molar-refractivity contribution in [1.29, 1.82) is 0 Å². The molecular formula is C16H20N2O4S. The zero-order valence-electron chi connectivity index (χ0n) is 13.6. The van der Waals surface area contributed by atoms with Crippen LogP contribution < -0.4 is 4.90 Å². The Morgan fingerprint density at radius 3 is 2.39 bits per heavy atom. The van der Waals surface area contributed by atoms with Crippen molar-refractivity contribution in [2.45, 2.75) is 31.8 Å². The second-order valence-electron chi connectivity index (χ2n) is 5.48. The van der Waals surface area contributed by atoms with Crippen molar-refractivity contribution in [3.63, 3.8) is 0 Å². The first-order valence-corrected chi connectivity index (χ1v) is 8.91. The lowest BCUT2D eigenvalue weighted by atomic mass is 10.2. The summed E-state index contributed by atoms with van der Waals surface area (Å²) in [5.41, 5.74) is 1.70. The van der Waals surface area contributed by atoms with Crippen molar-refractivity contribution in [2.75, 3.05) is 11.9 Å². The first-order chi connectivity index (χ1) is 10.7. The molecule has 23 heavy (non-hydrogen) atoms. The highest BCUT2D eigenvalue weighted by Gasteiger charge is 2.32. The summed E-state index contributed by atoms with van der Waals surface area (Å²) in [7, 11) is -2.10. The Hall–Kier alpha value is -2.15. The Balaban J connectivity index is 2.21. The van der Waals surface area contributed by atoms with Crippen LogP contribution in [0.1, 0.15) is 23.9 Å². The average molecular weight is 336 g/mol. The Bertz CT molecular complexity index is 777. The number of amides is 1. The molecule has 6 nitrogen and oxygen atoms in total. The summed E-state index contributed by atoms with van der Waals surface area (Å²) in [4.78, 5) is 13.9. The van der Waals surface area contributed by atoms with Gasteiger partial charge in [-0.05, 0) is 32.9 Å². The quantitative estimate of drug-likeness (QED) is 0.836. The molecule has 0 radical (unpaired) electrons. The lowest BCUT2D eigenvalue weighted by molar-refractivity contribution is -0.117. The molecule has 2 rings (SSSR count). The third-order valence-electron chi connectivity index (χ3n) is 3.89. The molecule has 0 aliphatic heterocycles. The van der Waals surface area contributed by atoms with Gasteiger partial charge in [-0.15, -0.1) is 0 Å². The molecule has 0 saturated carbocycles. The van der Waals surface area contributed by atoms with Crippen molar-refractivity contribution in [1.82, 2.24) is 5.16 Å². The van der Waals surface area contributed by atoms with Gasteiger partial charge in [-0.1, -0.05) is 23.4 Å². The van der Waals surface area contributed by atoms with Gasteiger partial charge in [0.25, 0.3) is 0 Å². The molecule has 0 aliphatic rings. The second-order valence-corrected chi connectivity index (χ2v) is 7.81. The number of hydrogen-bond donors (Lipinski definition) is 0. The van der Waals surface area contributed by atoms with Crippen molar-refractivity contribution in [3.8, 4) is 0 Å². The number of aromatic nitrogens is 1. The van der Waals surface area contributed by atoms with Crippen LogP contribution >= 0.6 is 0 Å². The Labute approximate surface area is 136 Å². The van der Waals surface area contributed by atoms with E-state index in [0.29, 0.717) is 22.7 Å². The molecule has 0 saturated heterocycles. The van der Waals surface area contributed by atoms with Gasteiger partial charge in [0.15, 0.2) is 9.84 Å². The number of carbonyl (C=O) groups excluding carboxylic acids is 1. The third-order valence-corrected chi connectivity index (χ3v) is 5.86. The summed E-state index contributed by atoms with van der Waals surface area (Å²) in [5, 5.41) is 2.60. The summed E-state index contributed by atoms with van der Waals surface area (Å²) in [6.07, 6.45) is 0. The lowest BCUT2D eigenvalue weighted by Crippen LogP contribution is -2.40. The van der Waals surface area contributed by atoms with E-state index in [4.69, 9.17) is 4.52 Å². The maximum Gasteiger partial charge on any atom is 0.244 e. The van der Waals surface area contributed by atoms with Crippen molar-refractivity contribution in [2.24, 2.45) is 0 Å². The van der Waals surface area contributed by atoms with Crippen molar-refractivity contribution < 1.29 is 17.7 Å². The van der Waals surface area contributed by atoms with E-state index in [1.165, 1.54) is 11.8 Å². The van der Waals surface area contributed by atoms with E-state index in [1.807, 2.05) is 6.07 Å². The molecule has 0 fully saturated rings. The number of hydrogen-bond acceptors (Lipinski definition) is 5. The van der Waals surface area contributed by atoms with Crippen LogP contribution in [0.25, 0.3) is 0 Å². The first-order valence-electron chi connectivity index (χ1n) is 7.20. The van der Waals surface area contributed by atoms with Gasteiger partial charge in [-0.25, -0.2) is 8.42 Å². The highest BCUT2D eigenvalue weighted by molar-refractivity contribution is 7.92. The smallest absolute Gasteiger partial charge is 0.244 e. The van der Waals surface area contributed by atoms with Gasteiger partial charge in [-0.3, -0.25) is 4.79 Å². The molecule has 0 unspecified atom stereocenters. The van der Waals surface area contributed by atoms with Crippen LogP contribution in [0, 0.1) is 13.8 Å². The summed E-state index contributed by atoms with van der Waals surface area (Å²) in [6, 6.07) is 8.93. The van der Waals surface area contributed by atoms with Crippen molar-refractivity contribution >= 4 is 21.4 Å². The normalized spacial score (nSPS) is 12.9. The zero-order valence-corrected chi connectivity index (χ0v) is 14.4. The maximum atomic E-state index is 12.6. The summed E-state index contributed by atoms with van der Waals surface area (Å²) in [5.74, 6) is -0.269. The largest absolute Gasteiger partial charge is 0.361 e. The number of aryl methyl sites for hydroxylation is 2. The predicted octanol–water partition coefficient (Wildman–Crippen LogP) is 2.26. The second kappa shape index (κ2) is 6.54. The number of para-hydroxylation sites is 1. The van der Waals surface area contributed by atoms with Crippen LogP contribution in [0.3, 0.4) is 0 Å². The fourth-order valence-corrected chi connectivity index (χ4v) is 3.77. The van der Waals surface area contributed by atoms with Gasteiger partial charge in [0.2, 0.25) is 5.91 Å². The minimum atomic E-state index is -3.67. The number of carbonyl (C=O) groups is 1. The fraction of sp³-hybridized carbons (Fsp3) is 0.375. The van der Waals surface area contributed by atoms with E-state index in [1.54, 1.807) is 45.2 Å². The maximum absolute atomic E-state index is 12.6. The first kappa shape index (κ1) is 17.2. The molecule has 7 heteroatoms. The van der Waals surface area contributed by atoms with Crippen LogP contribution in [0.15, 0.2) is 34.9 Å². The number of sulfone groups is 1. The van der Waals surface area contributed by atoms with E-state index < -0.39 is 21.0 Å². The van der Waals surface area contributed by atoms with Gasteiger partial charge in [0.05, 0.1) is 11.4 Å². The molecule has 1 aromatic carbocycles. The van der Waals surface area contributed by atoms with Crippen LogP contribution in [-0.4, -0.2) is 31.8 Å². The van der Waals surface area contributed by atoms with Crippen LogP contribution in [0.5, 0.6) is 0 Å². The minimum Gasteiger partial charge on any atom is -0.361 e. The number of anilines is 1. The Morgan fingerprint density at radius 2 is 1.87 bits per heavy atom. The van der Waals surface area contributed by atoms with E-state index in [0.717, 1.165) is 0 Å². The van der Waals surface area contributed by atoms with E-state index in [-0.39, 0.29) is 5.75 Å². The number of rotatable bonds is 5. The van der Waals surface area contributed by atoms with Gasteiger partial charge >= 0.3 is 0 Å². The van der Waals surface area contributed by atoms with E-state index in [9.17, 15) is 13.2 Å². The molecule has 0 aliphatic carbocycles. The fourth-order valence-electron chi connectivity index (χ4n) is 2.24. The highest BCUT2D eigenvalue weighted by atomic mass is 32.2. The molecule has 1 atom stereocenters. The molecule has 2 aromatic rings. The van der Waals surface area contributed by atoms with Crippen LogP contribution in [-0.2, 0) is 20.4 Å². The van der Waals surface area contributed by atoms with E-state index >= 15 is 0 Å². The molecule has 1 aromatic heterocycles. The number of nitrogens with zero attached hydrogens (tertiary/aromatic N) is 2. The molecular weight excluding hydrogens is 316 g/mol. The molecule has 0 spiro atoms. The van der Waals surface area contributed by atoms with Gasteiger partial charge in [0, 0.05) is 18.3 Å². The Kier molecular flexibility index (Phi) is 4.89. The zero-order chi connectivity index (χ0) is 17.2. The third kappa shape index (κ3) is 3.61. The molecule has 124 valence electrons. The Morgan fingerprint density at radius 1 is 1.26 bits per heavy atom. The topological polar surface area (TPSA) is 80.5 Å². The highest BCUT2D eigenvalue weighted by Crippen LogP contribution is 2.21. The van der Waals surface area contributed by atoms with E-state index in [2.05, 4.69) is 5.16 Å². The predicted molar refractivity (Wildman–Crippen MR) is 87.9 cm³/mol. The van der Waals surface area contributed by atoms with Crippen LogP contribution in [0.2, 0.25) is 0 Å². The SMILES string of the molecule is Cc1noc(C)c1CS(=O)(=O)[C@@H](C)C(=O)N(C)c1ccccc1. The standard InChI is InChI=1S/C16H20N2O4S/c1-11-15(12(2)22-17-11)10-23(20,21)13(3)16(19)18(4)14-8-6-5-7-9-14/h5-9,13H,10H2,1-4H3/t13-/m0/s1. The lowest BCUT2D eigenvalue weighted by Gasteiger charge is -2.21. The average Bonchev–Trinajstić information content (AvgIpc) is 2.85. The summed E-state index contributed by atoms with van der Waals surface area (Å²) >= 11 is 0. The molecule has 0 bridgehead atoms. The van der Waals surface area contributed by atoms with Crippen molar-refractivity contribution in [3.05, 3.63) is 47.3 Å². The van der Waals surface area contributed by atoms with Gasteiger partial charge < -0.3 is 9.42 Å². The summed E-state index contributed by atoms with van der Waals surface area (Å²) < 4.78 is 30.1. The number of benzene rings is 1. The molecule has 1 amide bonds. The van der Waals surface area contributed by atoms with Gasteiger partial charge in [-0.2, -0.15) is 0 Å². The molecule has 1 heterocycles. The minimum absolute atomic E-state index is 0.260.